The van der Waals surface area contributed by atoms with Crippen molar-refractivity contribution < 1.29 is 36.2 Å². The van der Waals surface area contributed by atoms with Gasteiger partial charge in [-0.05, 0) is 48.4 Å². The Balaban J connectivity index is 1.56. The molecule has 0 saturated carbocycles. The Hall–Kier alpha value is -3.71. The third-order valence-corrected chi connectivity index (χ3v) is 10.4. The van der Waals surface area contributed by atoms with Crippen LogP contribution in [0.3, 0.4) is 0 Å². The van der Waals surface area contributed by atoms with Gasteiger partial charge in [0, 0.05) is 49.6 Å². The number of fused-ring (bicyclic) bond motifs is 5. The molecule has 0 spiro atoms. The molecule has 0 fully saturated rings. The van der Waals surface area contributed by atoms with Crippen molar-refractivity contribution in [1.29, 1.82) is 0 Å². The van der Waals surface area contributed by atoms with Gasteiger partial charge in [0.25, 0.3) is 5.91 Å². The van der Waals surface area contributed by atoms with Gasteiger partial charge in [-0.15, -0.1) is 0 Å². The lowest BCUT2D eigenvalue weighted by atomic mass is 9.96. The molecule has 1 aromatic heterocycles. The molecule has 0 aliphatic carbocycles. The topological polar surface area (TPSA) is 92.1 Å². The molecule has 8 nitrogen and oxygen atoms in total. The number of carbonyl (C=O) groups excluding carboxylic acids is 1. The summed E-state index contributed by atoms with van der Waals surface area (Å²) in [5, 5.41) is 11.1. The van der Waals surface area contributed by atoms with Crippen LogP contribution in [0.4, 0.5) is 13.2 Å². The molecule has 1 N–H and O–H groups in total. The van der Waals surface area contributed by atoms with Gasteiger partial charge in [0.1, 0.15) is 5.69 Å². The highest BCUT2D eigenvalue weighted by Crippen LogP contribution is 2.38. The molecule has 12 heteroatoms. The van der Waals surface area contributed by atoms with Crippen LogP contribution in [0.5, 0.6) is 0 Å². The number of nitrogens with zero attached hydrogens (tertiary/aromatic N) is 3. The summed E-state index contributed by atoms with van der Waals surface area (Å²) in [6.45, 7) is 3.44. The second-order valence-corrected chi connectivity index (χ2v) is 13.6. The van der Waals surface area contributed by atoms with Crippen molar-refractivity contribution in [1.82, 2.24) is 13.8 Å². The number of halogens is 3. The third kappa shape index (κ3) is 6.24. The Morgan fingerprint density at radius 3 is 2.36 bits per heavy atom. The van der Waals surface area contributed by atoms with Gasteiger partial charge in [-0.25, -0.2) is 8.42 Å². The number of aliphatic hydroxyl groups excluding tert-OH is 1. The number of aromatic nitrogens is 1. The smallest absolute Gasteiger partial charge is 0.394 e. The molecule has 3 atom stereocenters. The van der Waals surface area contributed by atoms with E-state index in [1.807, 2.05) is 67.1 Å². The second-order valence-electron chi connectivity index (χ2n) is 11.6. The van der Waals surface area contributed by atoms with Crippen LogP contribution in [-0.4, -0.2) is 72.1 Å². The maximum atomic E-state index is 14.5. The molecule has 1 amide bonds. The Morgan fingerprint density at radius 1 is 1.04 bits per heavy atom. The number of hydrogen-bond donors (Lipinski definition) is 1. The summed E-state index contributed by atoms with van der Waals surface area (Å²) < 4.78 is 75.5. The van der Waals surface area contributed by atoms with Gasteiger partial charge in [0.15, 0.2) is 0 Å². The molecular weight excluding hydrogens is 607 g/mol. The Morgan fingerprint density at radius 2 is 1.69 bits per heavy atom. The van der Waals surface area contributed by atoms with Crippen LogP contribution in [0.25, 0.3) is 22.0 Å². The third-order valence-electron chi connectivity index (χ3n) is 8.55. The lowest BCUT2D eigenvalue weighted by Crippen LogP contribution is -2.48. The molecule has 0 radical (unpaired) electrons. The van der Waals surface area contributed by atoms with Gasteiger partial charge < -0.3 is 19.3 Å². The Bertz CT molecular complexity index is 1800. The number of para-hydroxylation sites is 1. The predicted molar refractivity (Wildman–Crippen MR) is 165 cm³/mol. The maximum absolute atomic E-state index is 14.5. The highest BCUT2D eigenvalue weighted by molar-refractivity contribution is 7.89. The number of rotatable bonds is 6. The number of aryl methyl sites for hydroxylation is 1. The number of aliphatic hydroxyl groups is 1. The van der Waals surface area contributed by atoms with Gasteiger partial charge >= 0.3 is 6.18 Å². The highest BCUT2D eigenvalue weighted by Gasteiger charge is 2.35. The van der Waals surface area contributed by atoms with Crippen LogP contribution in [0.15, 0.2) is 77.7 Å². The van der Waals surface area contributed by atoms with E-state index in [-0.39, 0.29) is 37.1 Å². The maximum Gasteiger partial charge on any atom is 0.416 e. The first kappa shape index (κ1) is 32.7. The molecular formula is C33H36F3N3O5S. The summed E-state index contributed by atoms with van der Waals surface area (Å²) in [4.78, 5) is 15.8. The van der Waals surface area contributed by atoms with Crippen LogP contribution in [0.1, 0.15) is 35.5 Å². The molecule has 0 unspecified atom stereocenters. The summed E-state index contributed by atoms with van der Waals surface area (Å²) in [7, 11) is -0.986. The van der Waals surface area contributed by atoms with E-state index < -0.39 is 39.8 Å². The lowest BCUT2D eigenvalue weighted by Gasteiger charge is -2.35. The van der Waals surface area contributed by atoms with Gasteiger partial charge in [-0.3, -0.25) is 4.79 Å². The average molecular weight is 644 g/mol. The molecule has 5 rings (SSSR count). The van der Waals surface area contributed by atoms with Crippen molar-refractivity contribution in [2.45, 2.75) is 43.7 Å². The molecule has 0 saturated heterocycles. The Labute approximate surface area is 260 Å². The number of ether oxygens (including phenoxy) is 1. The van der Waals surface area contributed by atoms with E-state index in [1.165, 1.54) is 7.05 Å². The van der Waals surface area contributed by atoms with Crippen LogP contribution in [-0.2, 0) is 34.6 Å². The number of alkyl halides is 3. The zero-order valence-corrected chi connectivity index (χ0v) is 26.3. The minimum absolute atomic E-state index is 0.117. The van der Waals surface area contributed by atoms with Crippen molar-refractivity contribution in [2.75, 3.05) is 26.7 Å². The fourth-order valence-electron chi connectivity index (χ4n) is 5.87. The first-order valence-electron chi connectivity index (χ1n) is 14.6. The molecule has 4 aromatic rings. The predicted octanol–water partition coefficient (Wildman–Crippen LogP) is 5.54. The fourth-order valence-corrected chi connectivity index (χ4v) is 7.06. The summed E-state index contributed by atoms with van der Waals surface area (Å²) in [5.41, 5.74) is 2.75. The summed E-state index contributed by atoms with van der Waals surface area (Å²) in [6, 6.07) is 18.1. The van der Waals surface area contributed by atoms with Gasteiger partial charge in [-0.2, -0.15) is 17.5 Å². The van der Waals surface area contributed by atoms with E-state index in [1.54, 1.807) is 11.8 Å². The van der Waals surface area contributed by atoms with E-state index in [4.69, 9.17) is 4.74 Å². The fraction of sp³-hybridized carbons (Fsp3) is 0.364. The number of benzene rings is 3. The van der Waals surface area contributed by atoms with E-state index in [0.29, 0.717) is 5.69 Å². The first-order chi connectivity index (χ1) is 21.3. The standard InChI is InChI=1S/C33H36F3N3O5S/c1-21-17-39(22(2)19-40)32(41)31-30(27-11-7-8-12-28(27)38(31)4)26-10-6-5-9-23(26)20-44-29(21)18-37(3)45(42,43)25-15-13-24(14-16-25)33(34,35)36/h5-16,21-22,29,40H,17-20H2,1-4H3/t21-,22-,29+/m1/s1. The monoisotopic (exact) mass is 643 g/mol. The van der Waals surface area contributed by atoms with Crippen molar-refractivity contribution in [2.24, 2.45) is 13.0 Å². The van der Waals surface area contributed by atoms with E-state index in [9.17, 15) is 31.5 Å². The first-order valence-corrected chi connectivity index (χ1v) is 16.0. The van der Waals surface area contributed by atoms with Crippen molar-refractivity contribution in [3.05, 3.63) is 89.6 Å². The van der Waals surface area contributed by atoms with Gasteiger partial charge in [0.2, 0.25) is 10.0 Å². The minimum atomic E-state index is -4.59. The normalized spacial score (nSPS) is 18.9. The summed E-state index contributed by atoms with van der Waals surface area (Å²) in [6.07, 6.45) is -5.31. The molecule has 45 heavy (non-hydrogen) atoms. The van der Waals surface area contributed by atoms with Crippen LogP contribution in [0.2, 0.25) is 0 Å². The van der Waals surface area contributed by atoms with Gasteiger partial charge in [-0.1, -0.05) is 49.4 Å². The molecule has 240 valence electrons. The molecule has 1 aliphatic rings. The Kier molecular flexibility index (Phi) is 9.14. The van der Waals surface area contributed by atoms with Crippen LogP contribution >= 0.6 is 0 Å². The molecule has 2 heterocycles. The molecule has 3 aromatic carbocycles. The lowest BCUT2D eigenvalue weighted by molar-refractivity contribution is -0.137. The number of sulfonamides is 1. The second kappa shape index (κ2) is 12.6. The van der Waals surface area contributed by atoms with E-state index >= 15 is 0 Å². The molecule has 0 bridgehead atoms. The average Bonchev–Trinajstić information content (AvgIpc) is 3.31. The summed E-state index contributed by atoms with van der Waals surface area (Å²) in [5.74, 6) is -0.685. The zero-order valence-electron chi connectivity index (χ0n) is 25.5. The van der Waals surface area contributed by atoms with Crippen molar-refractivity contribution in [3.63, 3.8) is 0 Å². The van der Waals surface area contributed by atoms with E-state index in [0.717, 1.165) is 56.2 Å². The number of hydrogen-bond acceptors (Lipinski definition) is 5. The SMILES string of the molecule is C[C@@H]1CN([C@H](C)CO)C(=O)c2c(c3ccccc3n2C)-c2ccccc2CO[C@H]1CN(C)S(=O)(=O)c1ccc(C(F)(F)F)cc1. The van der Waals surface area contributed by atoms with Gasteiger partial charge in [0.05, 0.1) is 35.8 Å². The highest BCUT2D eigenvalue weighted by atomic mass is 32.2. The molecule has 1 aliphatic heterocycles. The number of likely N-dealkylation sites (N-methyl/N-ethyl adjacent to an activating group) is 1. The van der Waals surface area contributed by atoms with Crippen molar-refractivity contribution >= 4 is 26.8 Å². The largest absolute Gasteiger partial charge is 0.416 e. The summed E-state index contributed by atoms with van der Waals surface area (Å²) >= 11 is 0. The quantitative estimate of drug-likeness (QED) is 0.298. The zero-order chi connectivity index (χ0) is 32.7. The minimum Gasteiger partial charge on any atom is -0.394 e. The number of carbonyl (C=O) groups is 1. The van der Waals surface area contributed by atoms with E-state index in [2.05, 4.69) is 0 Å². The number of amides is 1. The van der Waals surface area contributed by atoms with Crippen LogP contribution < -0.4 is 0 Å². The van der Waals surface area contributed by atoms with Crippen LogP contribution in [0, 0.1) is 5.92 Å². The van der Waals surface area contributed by atoms with Crippen molar-refractivity contribution in [3.8, 4) is 11.1 Å².